The largest absolute Gasteiger partial charge is 0.454 e. The van der Waals surface area contributed by atoms with E-state index in [1.807, 2.05) is 18.2 Å². The smallest absolute Gasteiger partial charge is 0.231 e. The molecular formula is C17H26O3. The topological polar surface area (TPSA) is 38.7 Å². The lowest BCUT2D eigenvalue weighted by molar-refractivity contribution is 0.162. The van der Waals surface area contributed by atoms with Crippen molar-refractivity contribution in [2.24, 2.45) is 0 Å². The van der Waals surface area contributed by atoms with Crippen molar-refractivity contribution >= 4 is 0 Å². The second kappa shape index (κ2) is 8.15. The van der Waals surface area contributed by atoms with Crippen LogP contribution in [0.2, 0.25) is 0 Å². The fraction of sp³-hybridized carbons (Fsp3) is 0.647. The van der Waals surface area contributed by atoms with E-state index in [1.54, 1.807) is 0 Å². The first-order valence-corrected chi connectivity index (χ1v) is 7.89. The predicted octanol–water partition coefficient (Wildman–Crippen LogP) is 4.59. The van der Waals surface area contributed by atoms with E-state index >= 15 is 0 Å². The number of aliphatic hydroxyl groups is 1. The molecule has 1 heterocycles. The Morgan fingerprint density at radius 3 is 2.50 bits per heavy atom. The van der Waals surface area contributed by atoms with Gasteiger partial charge in [0.05, 0.1) is 6.10 Å². The van der Waals surface area contributed by atoms with Gasteiger partial charge in [-0.3, -0.25) is 0 Å². The van der Waals surface area contributed by atoms with Crippen LogP contribution in [0.4, 0.5) is 0 Å². The molecule has 3 heteroatoms. The molecule has 0 saturated carbocycles. The Balaban J connectivity index is 1.66. The maximum atomic E-state index is 10.2. The minimum Gasteiger partial charge on any atom is -0.454 e. The molecule has 1 aliphatic rings. The minimum absolute atomic E-state index is 0.284. The second-order valence-electron chi connectivity index (χ2n) is 5.54. The van der Waals surface area contributed by atoms with Crippen molar-refractivity contribution in [3.8, 4) is 11.5 Å². The van der Waals surface area contributed by atoms with Gasteiger partial charge >= 0.3 is 0 Å². The first-order valence-electron chi connectivity index (χ1n) is 7.89. The van der Waals surface area contributed by atoms with Crippen LogP contribution in [0.5, 0.6) is 11.5 Å². The molecular weight excluding hydrogens is 252 g/mol. The number of fused-ring (bicyclic) bond motifs is 1. The lowest BCUT2D eigenvalue weighted by Crippen LogP contribution is -1.97. The highest BCUT2D eigenvalue weighted by Crippen LogP contribution is 2.35. The van der Waals surface area contributed by atoms with Crippen molar-refractivity contribution in [3.05, 3.63) is 23.8 Å². The van der Waals surface area contributed by atoms with Crippen LogP contribution >= 0.6 is 0 Å². The third-order valence-corrected chi connectivity index (χ3v) is 3.86. The van der Waals surface area contributed by atoms with Crippen molar-refractivity contribution in [1.29, 1.82) is 0 Å². The molecule has 3 nitrogen and oxygen atoms in total. The lowest BCUT2D eigenvalue weighted by atomic mass is 10.0. The van der Waals surface area contributed by atoms with Crippen LogP contribution in [0.25, 0.3) is 0 Å². The zero-order valence-corrected chi connectivity index (χ0v) is 12.4. The second-order valence-corrected chi connectivity index (χ2v) is 5.54. The summed E-state index contributed by atoms with van der Waals surface area (Å²) < 4.78 is 10.6. The van der Waals surface area contributed by atoms with Gasteiger partial charge in [0, 0.05) is 0 Å². The van der Waals surface area contributed by atoms with E-state index in [1.165, 1.54) is 38.5 Å². The molecule has 0 aromatic heterocycles. The van der Waals surface area contributed by atoms with Gasteiger partial charge in [0.2, 0.25) is 6.79 Å². The molecule has 0 fully saturated rings. The number of unbranched alkanes of at least 4 members (excludes halogenated alkanes) is 6. The third-order valence-electron chi connectivity index (χ3n) is 3.86. The molecule has 1 aliphatic heterocycles. The van der Waals surface area contributed by atoms with Gasteiger partial charge in [-0.1, -0.05) is 57.9 Å². The molecule has 0 amide bonds. The highest BCUT2D eigenvalue weighted by molar-refractivity contribution is 5.45. The SMILES string of the molecule is CCCCCCCCCC(O)c1ccc2c(c1)OCO2. The molecule has 0 bridgehead atoms. The average molecular weight is 278 g/mol. The summed E-state index contributed by atoms with van der Waals surface area (Å²) >= 11 is 0. The first-order chi connectivity index (χ1) is 9.81. The third kappa shape index (κ3) is 4.41. The lowest BCUT2D eigenvalue weighted by Gasteiger charge is -2.11. The van der Waals surface area contributed by atoms with Crippen molar-refractivity contribution in [2.75, 3.05) is 6.79 Å². The van der Waals surface area contributed by atoms with Crippen molar-refractivity contribution in [3.63, 3.8) is 0 Å². The highest BCUT2D eigenvalue weighted by atomic mass is 16.7. The Hall–Kier alpha value is -1.22. The molecule has 0 radical (unpaired) electrons. The first kappa shape index (κ1) is 15.2. The van der Waals surface area contributed by atoms with Crippen LogP contribution in [0.1, 0.15) is 70.0 Å². The maximum Gasteiger partial charge on any atom is 0.231 e. The van der Waals surface area contributed by atoms with Gasteiger partial charge in [-0.2, -0.15) is 0 Å². The Labute approximate surface area is 121 Å². The Morgan fingerprint density at radius 1 is 1.00 bits per heavy atom. The van der Waals surface area contributed by atoms with Crippen molar-refractivity contribution < 1.29 is 14.6 Å². The number of rotatable bonds is 9. The average Bonchev–Trinajstić information content (AvgIpc) is 2.93. The van der Waals surface area contributed by atoms with Crippen LogP contribution in [-0.2, 0) is 0 Å². The fourth-order valence-corrected chi connectivity index (χ4v) is 2.58. The zero-order valence-electron chi connectivity index (χ0n) is 12.4. The molecule has 1 aromatic carbocycles. The number of aliphatic hydroxyl groups excluding tert-OH is 1. The number of hydrogen-bond donors (Lipinski definition) is 1. The summed E-state index contributed by atoms with van der Waals surface area (Å²) in [5.41, 5.74) is 0.931. The summed E-state index contributed by atoms with van der Waals surface area (Å²) in [4.78, 5) is 0. The molecule has 1 N–H and O–H groups in total. The summed E-state index contributed by atoms with van der Waals surface area (Å²) in [7, 11) is 0. The Kier molecular flexibility index (Phi) is 6.19. The Morgan fingerprint density at radius 2 is 1.70 bits per heavy atom. The standard InChI is InChI=1S/C17H26O3/c1-2-3-4-5-6-7-8-9-15(18)14-10-11-16-17(12-14)20-13-19-16/h10-12,15,18H,2-9,13H2,1H3. The van der Waals surface area contributed by atoms with E-state index in [2.05, 4.69) is 6.92 Å². The predicted molar refractivity (Wildman–Crippen MR) is 80.1 cm³/mol. The summed E-state index contributed by atoms with van der Waals surface area (Å²) in [6.45, 7) is 2.52. The molecule has 1 aromatic rings. The van der Waals surface area contributed by atoms with E-state index in [-0.39, 0.29) is 12.9 Å². The molecule has 0 spiro atoms. The van der Waals surface area contributed by atoms with Gasteiger partial charge < -0.3 is 14.6 Å². The van der Waals surface area contributed by atoms with E-state index in [0.717, 1.165) is 29.9 Å². The summed E-state index contributed by atoms with van der Waals surface area (Å²) in [5, 5.41) is 10.2. The van der Waals surface area contributed by atoms with Gasteiger partial charge in [-0.05, 0) is 24.1 Å². The van der Waals surface area contributed by atoms with Crippen LogP contribution in [0.15, 0.2) is 18.2 Å². The van der Waals surface area contributed by atoms with Gasteiger partial charge in [-0.25, -0.2) is 0 Å². The van der Waals surface area contributed by atoms with Crippen LogP contribution < -0.4 is 9.47 Å². The van der Waals surface area contributed by atoms with Gasteiger partial charge in [0.1, 0.15) is 0 Å². The van der Waals surface area contributed by atoms with Gasteiger partial charge in [0.25, 0.3) is 0 Å². The minimum atomic E-state index is -0.389. The number of ether oxygens (including phenoxy) is 2. The maximum absolute atomic E-state index is 10.2. The van der Waals surface area contributed by atoms with Crippen LogP contribution in [0.3, 0.4) is 0 Å². The molecule has 0 aliphatic carbocycles. The van der Waals surface area contributed by atoms with Crippen molar-refractivity contribution in [1.82, 2.24) is 0 Å². The summed E-state index contributed by atoms with van der Waals surface area (Å²) in [6.07, 6.45) is 9.34. The monoisotopic (exact) mass is 278 g/mol. The van der Waals surface area contributed by atoms with E-state index in [9.17, 15) is 5.11 Å². The van der Waals surface area contributed by atoms with Crippen molar-refractivity contribution in [2.45, 2.75) is 64.4 Å². The fourth-order valence-electron chi connectivity index (χ4n) is 2.58. The molecule has 1 unspecified atom stereocenters. The van der Waals surface area contributed by atoms with Crippen LogP contribution in [0, 0.1) is 0 Å². The van der Waals surface area contributed by atoms with Crippen LogP contribution in [-0.4, -0.2) is 11.9 Å². The molecule has 20 heavy (non-hydrogen) atoms. The number of hydrogen-bond acceptors (Lipinski definition) is 3. The zero-order chi connectivity index (χ0) is 14.2. The molecule has 112 valence electrons. The quantitative estimate of drug-likeness (QED) is 0.671. The molecule has 2 rings (SSSR count). The Bertz CT molecular complexity index is 403. The van der Waals surface area contributed by atoms with E-state index in [0.29, 0.717) is 0 Å². The van der Waals surface area contributed by atoms with Gasteiger partial charge in [-0.15, -0.1) is 0 Å². The summed E-state index contributed by atoms with van der Waals surface area (Å²) in [6, 6.07) is 5.71. The van der Waals surface area contributed by atoms with Gasteiger partial charge in [0.15, 0.2) is 11.5 Å². The number of benzene rings is 1. The normalized spacial score (nSPS) is 14.5. The summed E-state index contributed by atoms with van der Waals surface area (Å²) in [5.74, 6) is 1.53. The van der Waals surface area contributed by atoms with E-state index < -0.39 is 0 Å². The molecule has 0 saturated heterocycles. The highest BCUT2D eigenvalue weighted by Gasteiger charge is 2.16. The van der Waals surface area contributed by atoms with E-state index in [4.69, 9.17) is 9.47 Å². The molecule has 1 atom stereocenters.